The molecule has 0 radical (unpaired) electrons. The van der Waals surface area contributed by atoms with Gasteiger partial charge in [0.25, 0.3) is 0 Å². The Balaban J connectivity index is 1.38. The summed E-state index contributed by atoms with van der Waals surface area (Å²) >= 11 is 5.85. The van der Waals surface area contributed by atoms with E-state index in [4.69, 9.17) is 22.2 Å². The van der Waals surface area contributed by atoms with Crippen molar-refractivity contribution in [3.8, 4) is 0 Å². The number of nitrogens with two attached hydrogens (primary N) is 2. The highest BCUT2D eigenvalue weighted by molar-refractivity contribution is 6.28. The number of anilines is 1. The van der Waals surface area contributed by atoms with E-state index in [9.17, 15) is 9.18 Å². The lowest BCUT2D eigenvalue weighted by Gasteiger charge is -2.35. The number of nitrogens with zero attached hydrogens (tertiary/aromatic N) is 2. The highest BCUT2D eigenvalue weighted by Crippen LogP contribution is 2.52. The number of halogens is 2. The number of hydrogen-bond donors (Lipinski definition) is 4. The average Bonchev–Trinajstić information content (AvgIpc) is 3.35. The van der Waals surface area contributed by atoms with Crippen LogP contribution in [-0.2, 0) is 9.63 Å². The van der Waals surface area contributed by atoms with Crippen molar-refractivity contribution in [1.82, 2.24) is 15.3 Å². The predicted molar refractivity (Wildman–Crippen MR) is 123 cm³/mol. The van der Waals surface area contributed by atoms with Gasteiger partial charge in [-0.25, -0.2) is 14.2 Å². The summed E-state index contributed by atoms with van der Waals surface area (Å²) in [5.41, 5.74) is 9.73. The quantitative estimate of drug-likeness (QED) is 0.236. The molecule has 8 nitrogen and oxygen atoms in total. The van der Waals surface area contributed by atoms with Crippen LogP contribution in [0.15, 0.2) is 30.5 Å². The summed E-state index contributed by atoms with van der Waals surface area (Å²) in [6, 6.07) is 8.03. The van der Waals surface area contributed by atoms with Crippen molar-refractivity contribution in [2.75, 3.05) is 25.5 Å². The third kappa shape index (κ3) is 5.27. The van der Waals surface area contributed by atoms with Crippen LogP contribution in [0.2, 0.25) is 5.28 Å². The number of rotatable bonds is 10. The predicted octanol–water partition coefficient (Wildman–Crippen LogP) is 1.96. The molecule has 1 amide bonds. The fourth-order valence-electron chi connectivity index (χ4n) is 5.62. The Morgan fingerprint density at radius 1 is 1.42 bits per heavy atom. The van der Waals surface area contributed by atoms with Gasteiger partial charge in [0.2, 0.25) is 11.2 Å². The number of aromatic nitrogens is 2. The summed E-state index contributed by atoms with van der Waals surface area (Å²) in [4.78, 5) is 24.9. The van der Waals surface area contributed by atoms with Crippen LogP contribution in [0.25, 0.3) is 0 Å². The summed E-state index contributed by atoms with van der Waals surface area (Å²) in [5, 5.41) is 6.69. The minimum Gasteiger partial charge on any atom is -0.369 e. The Morgan fingerprint density at radius 3 is 3.00 bits per heavy atom. The molecule has 6 unspecified atom stereocenters. The van der Waals surface area contributed by atoms with Gasteiger partial charge in [0.15, 0.2) is 17.3 Å². The number of quaternary nitrogens is 1. The Morgan fingerprint density at radius 2 is 2.24 bits per heavy atom. The molecule has 6 atom stereocenters. The Bertz CT molecular complexity index is 995. The average molecular weight is 478 g/mol. The van der Waals surface area contributed by atoms with E-state index in [1.54, 1.807) is 12.6 Å². The van der Waals surface area contributed by atoms with Crippen LogP contribution in [0, 0.1) is 29.5 Å². The number of hydrogen-bond acceptors (Lipinski definition) is 6. The number of primary amides is 1. The number of nitrogens with one attached hydrogen (secondary N) is 2. The number of benzene rings is 1. The number of carbonyl (C=O) groups excluding carboxylic acids is 1. The lowest BCUT2D eigenvalue weighted by atomic mass is 9.77. The van der Waals surface area contributed by atoms with Crippen molar-refractivity contribution in [3.63, 3.8) is 0 Å². The van der Waals surface area contributed by atoms with Gasteiger partial charge in [-0.2, -0.15) is 10.5 Å². The van der Waals surface area contributed by atoms with E-state index in [1.807, 2.05) is 12.1 Å². The fourth-order valence-corrected chi connectivity index (χ4v) is 5.75. The van der Waals surface area contributed by atoms with Gasteiger partial charge in [0.1, 0.15) is 0 Å². The maximum Gasteiger partial charge on any atom is 0.224 e. The lowest BCUT2D eigenvalue weighted by Crippen LogP contribution is -2.75. The number of carbonyl (C=O) groups is 1. The number of fused-ring (bicyclic) bond motifs is 2. The van der Waals surface area contributed by atoms with Crippen LogP contribution in [-0.4, -0.2) is 42.1 Å². The van der Waals surface area contributed by atoms with E-state index in [-0.39, 0.29) is 40.8 Å². The fraction of sp³-hybridized carbons (Fsp3) is 0.522. The first-order valence-electron chi connectivity index (χ1n) is 11.3. The summed E-state index contributed by atoms with van der Waals surface area (Å²) in [6.07, 6.45) is 2.86. The molecule has 178 valence electrons. The van der Waals surface area contributed by atoms with Crippen LogP contribution in [0.5, 0.6) is 0 Å². The first-order chi connectivity index (χ1) is 15.9. The van der Waals surface area contributed by atoms with Crippen molar-refractivity contribution in [3.05, 3.63) is 47.1 Å². The zero-order chi connectivity index (χ0) is 23.5. The van der Waals surface area contributed by atoms with Gasteiger partial charge in [0, 0.05) is 24.7 Å². The highest BCUT2D eigenvalue weighted by atomic mass is 35.5. The minimum atomic E-state index is -0.596. The molecule has 2 saturated carbocycles. The molecule has 2 aliphatic carbocycles. The van der Waals surface area contributed by atoms with Crippen molar-refractivity contribution >= 4 is 29.0 Å². The van der Waals surface area contributed by atoms with Crippen molar-refractivity contribution in [2.45, 2.75) is 31.7 Å². The lowest BCUT2D eigenvalue weighted by molar-refractivity contribution is -0.830. The summed E-state index contributed by atoms with van der Waals surface area (Å²) in [6.45, 7) is 3.85. The van der Waals surface area contributed by atoms with Crippen LogP contribution in [0.1, 0.15) is 31.2 Å². The molecule has 0 aliphatic heterocycles. The van der Waals surface area contributed by atoms with Crippen molar-refractivity contribution < 1.29 is 19.5 Å². The van der Waals surface area contributed by atoms with Crippen LogP contribution >= 0.6 is 11.6 Å². The second kappa shape index (κ2) is 10.3. The van der Waals surface area contributed by atoms with Crippen LogP contribution in [0.3, 0.4) is 0 Å². The van der Waals surface area contributed by atoms with Gasteiger partial charge >= 0.3 is 0 Å². The first kappa shape index (κ1) is 23.8. The molecular weight excluding hydrogens is 447 g/mol. The summed E-state index contributed by atoms with van der Waals surface area (Å²) < 4.78 is 14.2. The van der Waals surface area contributed by atoms with E-state index in [2.05, 4.69) is 39.7 Å². The monoisotopic (exact) mass is 477 g/mol. The molecule has 2 fully saturated rings. The zero-order valence-corrected chi connectivity index (χ0v) is 19.6. The van der Waals surface area contributed by atoms with E-state index in [0.717, 1.165) is 37.8 Å². The molecule has 0 spiro atoms. The first-order valence-corrected chi connectivity index (χ1v) is 11.7. The van der Waals surface area contributed by atoms with Crippen LogP contribution < -0.4 is 21.8 Å². The molecule has 2 aromatic rings. The second-order valence-electron chi connectivity index (χ2n) is 9.17. The Hall–Kier alpha value is -2.33. The third-order valence-electron chi connectivity index (χ3n) is 7.08. The topological polar surface area (TPSA) is 119 Å². The molecule has 1 heterocycles. The molecule has 4 rings (SSSR count). The maximum absolute atomic E-state index is 14.2. The van der Waals surface area contributed by atoms with Gasteiger partial charge in [-0.15, -0.1) is 0 Å². The minimum absolute atomic E-state index is 0.0203. The highest BCUT2D eigenvalue weighted by Gasteiger charge is 2.54. The van der Waals surface area contributed by atoms with E-state index >= 15 is 0 Å². The van der Waals surface area contributed by atoms with Gasteiger partial charge in [0.05, 0.1) is 19.2 Å². The summed E-state index contributed by atoms with van der Waals surface area (Å²) in [7, 11) is 1.64. The van der Waals surface area contributed by atoms with Gasteiger partial charge < -0.3 is 16.4 Å². The smallest absolute Gasteiger partial charge is 0.224 e. The molecular formula is C23H31ClFN6O2+. The molecule has 1 aromatic heterocycles. The normalized spacial score (nSPS) is 27.0. The third-order valence-corrected chi connectivity index (χ3v) is 7.26. The largest absolute Gasteiger partial charge is 0.369 e. The van der Waals surface area contributed by atoms with E-state index < -0.39 is 5.82 Å². The zero-order valence-electron chi connectivity index (χ0n) is 18.8. The van der Waals surface area contributed by atoms with E-state index in [0.29, 0.717) is 11.8 Å². The Kier molecular flexibility index (Phi) is 7.43. The van der Waals surface area contributed by atoms with Crippen molar-refractivity contribution in [2.24, 2.45) is 29.4 Å². The second-order valence-corrected chi connectivity index (χ2v) is 9.51. The Labute approximate surface area is 197 Å². The standard InChI is InChI=1S/C23H30ClFN6O2/c1-12(13-4-3-5-16(7-13)31-33-2)9-27-10-15-6-14-8-17(15)20(19(14)21(26)32)29-22-18(25)11-28-23(24)30-22/h3-5,7,11-12,14-15,17,19-20,27,31H,6,8-10H2,1-2H3,(H2,26,32)(H,28,29,30)/p+1. The molecule has 33 heavy (non-hydrogen) atoms. The van der Waals surface area contributed by atoms with Gasteiger partial charge in [-0.3, -0.25) is 4.79 Å². The molecule has 2 aliphatic rings. The molecule has 1 aromatic carbocycles. The maximum atomic E-state index is 14.2. The molecule has 0 saturated heterocycles. The van der Waals surface area contributed by atoms with Crippen molar-refractivity contribution in [1.29, 1.82) is 0 Å². The van der Waals surface area contributed by atoms with Crippen LogP contribution in [0.4, 0.5) is 15.9 Å². The van der Waals surface area contributed by atoms with Gasteiger partial charge in [-0.05, 0) is 60.2 Å². The summed E-state index contributed by atoms with van der Waals surface area (Å²) in [5.74, 6) is -0.193. The van der Waals surface area contributed by atoms with E-state index in [1.165, 1.54) is 5.56 Å². The van der Waals surface area contributed by atoms with Gasteiger partial charge in [-0.1, -0.05) is 19.1 Å². The SMILES string of the molecule is CO[NH2+]c1cccc(C(C)CNCC2CC3CC2C(Nc2nc(Cl)ncc2F)C3C(N)=O)c1. The number of amides is 1. The molecule has 10 heteroatoms. The molecule has 2 bridgehead atoms. The molecule has 6 N–H and O–H groups in total.